The van der Waals surface area contributed by atoms with E-state index in [1.807, 2.05) is 5.38 Å². The third kappa shape index (κ3) is 3.75. The molecule has 102 valence electrons. The lowest BCUT2D eigenvalue weighted by Crippen LogP contribution is -2.01. The quantitative estimate of drug-likeness (QED) is 0.883. The van der Waals surface area contributed by atoms with Crippen LogP contribution in [0.15, 0.2) is 23.6 Å². The molecule has 2 aromatic rings. The lowest BCUT2D eigenvalue weighted by atomic mass is 10.2. The molecule has 1 aromatic carbocycles. The third-order valence-electron chi connectivity index (χ3n) is 2.67. The van der Waals surface area contributed by atoms with Crippen molar-refractivity contribution in [2.24, 2.45) is 5.73 Å². The molecule has 0 saturated heterocycles. The van der Waals surface area contributed by atoms with Gasteiger partial charge >= 0.3 is 0 Å². The van der Waals surface area contributed by atoms with E-state index in [1.54, 1.807) is 23.5 Å². The Bertz CT molecular complexity index is 542. The Hall–Kier alpha value is -1.46. The van der Waals surface area contributed by atoms with Crippen molar-refractivity contribution in [3.63, 3.8) is 0 Å². The van der Waals surface area contributed by atoms with Crippen LogP contribution in [0.2, 0.25) is 0 Å². The molecule has 2 N–H and O–H groups in total. The predicted molar refractivity (Wildman–Crippen MR) is 74.7 cm³/mol. The van der Waals surface area contributed by atoms with Gasteiger partial charge in [-0.3, -0.25) is 0 Å². The molecule has 0 saturated carbocycles. The number of nitrogens with zero attached hydrogens (tertiary/aromatic N) is 1. The van der Waals surface area contributed by atoms with Gasteiger partial charge in [0.05, 0.1) is 10.7 Å². The van der Waals surface area contributed by atoms with Crippen LogP contribution in [-0.2, 0) is 19.6 Å². The molecule has 0 atom stereocenters. The first-order valence-electron chi connectivity index (χ1n) is 6.27. The Morgan fingerprint density at radius 3 is 2.95 bits per heavy atom. The summed E-state index contributed by atoms with van der Waals surface area (Å²) in [6.07, 6.45) is 2.05. The van der Waals surface area contributed by atoms with Gasteiger partial charge in [-0.15, -0.1) is 11.3 Å². The lowest BCUT2D eigenvalue weighted by Gasteiger charge is -2.06. The van der Waals surface area contributed by atoms with Crippen LogP contribution in [0.1, 0.15) is 29.6 Å². The van der Waals surface area contributed by atoms with Crippen molar-refractivity contribution in [3.8, 4) is 5.75 Å². The molecule has 3 nitrogen and oxygen atoms in total. The maximum Gasteiger partial charge on any atom is 0.165 e. The summed E-state index contributed by atoms with van der Waals surface area (Å²) in [4.78, 5) is 4.43. The number of hydrogen-bond acceptors (Lipinski definition) is 4. The van der Waals surface area contributed by atoms with E-state index in [0.717, 1.165) is 29.1 Å². The normalized spacial score (nSPS) is 10.7. The van der Waals surface area contributed by atoms with Gasteiger partial charge in [-0.25, -0.2) is 9.37 Å². The molecular formula is C14H17FN2OS. The van der Waals surface area contributed by atoms with Crippen LogP contribution in [0.5, 0.6) is 5.75 Å². The van der Waals surface area contributed by atoms with E-state index in [0.29, 0.717) is 13.2 Å². The van der Waals surface area contributed by atoms with Crippen molar-refractivity contribution in [1.82, 2.24) is 4.98 Å². The topological polar surface area (TPSA) is 48.1 Å². The summed E-state index contributed by atoms with van der Waals surface area (Å²) in [5.41, 5.74) is 7.05. The fourth-order valence-electron chi connectivity index (χ4n) is 1.68. The number of aromatic nitrogens is 1. The fourth-order valence-corrected chi connectivity index (χ4v) is 2.57. The smallest absolute Gasteiger partial charge is 0.165 e. The summed E-state index contributed by atoms with van der Waals surface area (Å²) < 4.78 is 19.1. The van der Waals surface area contributed by atoms with Crippen LogP contribution in [0.25, 0.3) is 0 Å². The van der Waals surface area contributed by atoms with Crippen LogP contribution >= 0.6 is 11.3 Å². The first kappa shape index (κ1) is 14.0. The Morgan fingerprint density at radius 1 is 1.42 bits per heavy atom. The Morgan fingerprint density at radius 2 is 2.26 bits per heavy atom. The number of halogens is 1. The zero-order valence-electron chi connectivity index (χ0n) is 10.9. The highest BCUT2D eigenvalue weighted by Gasteiger charge is 2.06. The number of ether oxygens (including phenoxy) is 1. The summed E-state index contributed by atoms with van der Waals surface area (Å²) in [6, 6.07) is 4.78. The van der Waals surface area contributed by atoms with Gasteiger partial charge in [-0.2, -0.15) is 0 Å². The predicted octanol–water partition coefficient (Wildman–Crippen LogP) is 3.27. The highest BCUT2D eigenvalue weighted by Crippen LogP contribution is 2.20. The minimum atomic E-state index is -0.382. The molecule has 0 aliphatic carbocycles. The van der Waals surface area contributed by atoms with Gasteiger partial charge < -0.3 is 10.5 Å². The molecule has 2 rings (SSSR count). The number of hydrogen-bond donors (Lipinski definition) is 1. The van der Waals surface area contributed by atoms with E-state index in [9.17, 15) is 4.39 Å². The molecule has 0 fully saturated rings. The second-order valence-corrected chi connectivity index (χ2v) is 5.18. The van der Waals surface area contributed by atoms with E-state index in [1.165, 1.54) is 6.07 Å². The van der Waals surface area contributed by atoms with E-state index in [2.05, 4.69) is 11.9 Å². The maximum atomic E-state index is 13.7. The minimum Gasteiger partial charge on any atom is -0.484 e. The molecule has 0 unspecified atom stereocenters. The van der Waals surface area contributed by atoms with Crippen molar-refractivity contribution in [2.75, 3.05) is 0 Å². The van der Waals surface area contributed by atoms with Crippen molar-refractivity contribution in [3.05, 3.63) is 45.7 Å². The Labute approximate surface area is 116 Å². The van der Waals surface area contributed by atoms with Crippen molar-refractivity contribution < 1.29 is 9.13 Å². The molecule has 0 aliphatic rings. The zero-order chi connectivity index (χ0) is 13.7. The summed E-state index contributed by atoms with van der Waals surface area (Å²) >= 11 is 1.62. The standard InChI is InChI=1S/C14H17FN2OS/c1-2-3-14-17-11(9-19-14)8-18-13-5-4-10(7-16)6-12(13)15/h4-6,9H,2-3,7-8,16H2,1H3. The number of benzene rings is 1. The molecular weight excluding hydrogens is 263 g/mol. The summed E-state index contributed by atoms with van der Waals surface area (Å²) in [6.45, 7) is 2.73. The number of aryl methyl sites for hydroxylation is 1. The lowest BCUT2D eigenvalue weighted by molar-refractivity contribution is 0.286. The third-order valence-corrected chi connectivity index (χ3v) is 3.63. The zero-order valence-corrected chi connectivity index (χ0v) is 11.7. The van der Waals surface area contributed by atoms with Crippen LogP contribution in [0.4, 0.5) is 4.39 Å². The van der Waals surface area contributed by atoms with Crippen molar-refractivity contribution >= 4 is 11.3 Å². The first-order chi connectivity index (χ1) is 9.22. The SMILES string of the molecule is CCCc1nc(COc2ccc(CN)cc2F)cs1. The molecule has 0 aliphatic heterocycles. The molecule has 0 spiro atoms. The molecule has 5 heteroatoms. The van der Waals surface area contributed by atoms with Gasteiger partial charge in [0.2, 0.25) is 0 Å². The molecule has 0 bridgehead atoms. The molecule has 1 heterocycles. The van der Waals surface area contributed by atoms with E-state index in [-0.39, 0.29) is 11.6 Å². The number of rotatable bonds is 6. The molecule has 1 aromatic heterocycles. The van der Waals surface area contributed by atoms with E-state index in [4.69, 9.17) is 10.5 Å². The van der Waals surface area contributed by atoms with Gasteiger partial charge in [0, 0.05) is 11.9 Å². The summed E-state index contributed by atoms with van der Waals surface area (Å²) in [7, 11) is 0. The van der Waals surface area contributed by atoms with Crippen LogP contribution in [0.3, 0.4) is 0 Å². The van der Waals surface area contributed by atoms with Gasteiger partial charge in [0.25, 0.3) is 0 Å². The average molecular weight is 280 g/mol. The van der Waals surface area contributed by atoms with Gasteiger partial charge in [-0.05, 0) is 30.5 Å². The maximum absolute atomic E-state index is 13.7. The average Bonchev–Trinajstić information content (AvgIpc) is 2.85. The van der Waals surface area contributed by atoms with E-state index >= 15 is 0 Å². The van der Waals surface area contributed by atoms with Gasteiger partial charge in [0.15, 0.2) is 11.6 Å². The van der Waals surface area contributed by atoms with Crippen molar-refractivity contribution in [1.29, 1.82) is 0 Å². The van der Waals surface area contributed by atoms with Gasteiger partial charge in [0.1, 0.15) is 6.61 Å². The minimum absolute atomic E-state index is 0.238. The summed E-state index contributed by atoms with van der Waals surface area (Å²) in [5, 5.41) is 3.05. The highest BCUT2D eigenvalue weighted by atomic mass is 32.1. The summed E-state index contributed by atoms with van der Waals surface area (Å²) in [5.74, 6) is -0.144. The van der Waals surface area contributed by atoms with Gasteiger partial charge in [-0.1, -0.05) is 13.0 Å². The first-order valence-corrected chi connectivity index (χ1v) is 7.15. The number of nitrogens with two attached hydrogens (primary N) is 1. The monoisotopic (exact) mass is 280 g/mol. The largest absolute Gasteiger partial charge is 0.484 e. The Kier molecular flexibility index (Phi) is 4.87. The number of thiazole rings is 1. The molecule has 0 radical (unpaired) electrons. The molecule has 19 heavy (non-hydrogen) atoms. The second kappa shape index (κ2) is 6.63. The molecule has 0 amide bonds. The highest BCUT2D eigenvalue weighted by molar-refractivity contribution is 7.09. The Balaban J connectivity index is 1.97. The van der Waals surface area contributed by atoms with Crippen LogP contribution < -0.4 is 10.5 Å². The van der Waals surface area contributed by atoms with Crippen molar-refractivity contribution in [2.45, 2.75) is 32.9 Å². The van der Waals surface area contributed by atoms with Crippen LogP contribution in [0, 0.1) is 5.82 Å². The van der Waals surface area contributed by atoms with E-state index < -0.39 is 0 Å². The fraction of sp³-hybridized carbons (Fsp3) is 0.357. The van der Waals surface area contributed by atoms with Crippen LogP contribution in [-0.4, -0.2) is 4.98 Å². The second-order valence-electron chi connectivity index (χ2n) is 4.24.